The highest BCUT2D eigenvalue weighted by Gasteiger charge is 2.42. The molecule has 5 nitrogen and oxygen atoms in total. The van der Waals surface area contributed by atoms with Gasteiger partial charge in [-0.25, -0.2) is 4.79 Å². The van der Waals surface area contributed by atoms with Crippen molar-refractivity contribution in [3.63, 3.8) is 0 Å². The minimum Gasteiger partial charge on any atom is -0.480 e. The van der Waals surface area contributed by atoms with Crippen LogP contribution < -0.4 is 0 Å². The lowest BCUT2D eigenvalue weighted by molar-refractivity contribution is -0.151. The summed E-state index contributed by atoms with van der Waals surface area (Å²) in [6.45, 7) is 5.71. The number of carbonyl (C=O) groups is 2. The minimum absolute atomic E-state index is 0.241. The van der Waals surface area contributed by atoms with Crippen molar-refractivity contribution in [1.82, 2.24) is 9.88 Å². The predicted molar refractivity (Wildman–Crippen MR) is 108 cm³/mol. The molecule has 0 saturated heterocycles. The number of carbonyl (C=O) groups excluding carboxylic acids is 1. The summed E-state index contributed by atoms with van der Waals surface area (Å²) < 4.78 is 0. The van der Waals surface area contributed by atoms with E-state index < -0.39 is 18.1 Å². The van der Waals surface area contributed by atoms with Crippen LogP contribution in [-0.4, -0.2) is 32.9 Å². The van der Waals surface area contributed by atoms with Gasteiger partial charge in [0.05, 0.1) is 6.04 Å². The van der Waals surface area contributed by atoms with E-state index in [1.165, 1.54) is 17.4 Å². The highest BCUT2D eigenvalue weighted by Crippen LogP contribution is 2.41. The number of aromatic amines is 1. The topological polar surface area (TPSA) is 73.4 Å². The molecule has 4 rings (SSSR count). The summed E-state index contributed by atoms with van der Waals surface area (Å²) >= 11 is 0. The van der Waals surface area contributed by atoms with E-state index in [0.717, 1.165) is 27.7 Å². The number of hydrogen-bond acceptors (Lipinski definition) is 2. The van der Waals surface area contributed by atoms with Gasteiger partial charge < -0.3 is 15.0 Å². The van der Waals surface area contributed by atoms with Gasteiger partial charge in [0.25, 0.3) is 0 Å². The average Bonchev–Trinajstić information content (AvgIpc) is 3.04. The molecule has 1 aliphatic rings. The fourth-order valence-electron chi connectivity index (χ4n) is 4.28. The zero-order valence-corrected chi connectivity index (χ0v) is 16.3. The maximum atomic E-state index is 12.5. The SMILES string of the molecule is CC(=O)N1C(C(=O)O)Cc2c([nH]c3ccccc23)C1c1ccc(C(C)C)cc1. The number of H-pyrrole nitrogens is 1. The van der Waals surface area contributed by atoms with Gasteiger partial charge in [-0.3, -0.25) is 4.79 Å². The number of carboxylic acid groups (broad SMARTS) is 1. The first-order valence-corrected chi connectivity index (χ1v) is 9.59. The standard InChI is InChI=1S/C23H24N2O3/c1-13(2)15-8-10-16(11-9-15)22-21-18(17-6-4-5-7-19(17)24-21)12-20(23(27)28)25(22)14(3)26/h4-11,13,20,22,24H,12H2,1-3H3,(H,27,28). The summed E-state index contributed by atoms with van der Waals surface area (Å²) in [5, 5.41) is 10.9. The van der Waals surface area contributed by atoms with Crippen LogP contribution in [0.25, 0.3) is 10.9 Å². The quantitative estimate of drug-likeness (QED) is 0.718. The molecular formula is C23H24N2O3. The molecule has 2 atom stereocenters. The highest BCUT2D eigenvalue weighted by molar-refractivity contribution is 5.90. The van der Waals surface area contributed by atoms with Crippen LogP contribution in [0.15, 0.2) is 48.5 Å². The number of benzene rings is 2. The van der Waals surface area contributed by atoms with Crippen molar-refractivity contribution in [2.45, 2.75) is 45.2 Å². The fraction of sp³-hybridized carbons (Fsp3) is 0.304. The Labute approximate surface area is 164 Å². The van der Waals surface area contributed by atoms with Crippen LogP contribution in [0.4, 0.5) is 0 Å². The first-order chi connectivity index (χ1) is 13.4. The summed E-state index contributed by atoms with van der Waals surface area (Å²) in [6.07, 6.45) is 0.300. The summed E-state index contributed by atoms with van der Waals surface area (Å²) in [5.74, 6) is -0.815. The first kappa shape index (κ1) is 18.3. The molecule has 0 saturated carbocycles. The van der Waals surface area contributed by atoms with Gasteiger partial charge in [0.1, 0.15) is 6.04 Å². The van der Waals surface area contributed by atoms with Crippen LogP contribution in [0.5, 0.6) is 0 Å². The third-order valence-electron chi connectivity index (χ3n) is 5.70. The second-order valence-electron chi connectivity index (χ2n) is 7.77. The van der Waals surface area contributed by atoms with Gasteiger partial charge in [0.15, 0.2) is 0 Å². The fourth-order valence-corrected chi connectivity index (χ4v) is 4.28. The Morgan fingerprint density at radius 1 is 1.11 bits per heavy atom. The average molecular weight is 376 g/mol. The first-order valence-electron chi connectivity index (χ1n) is 9.59. The zero-order chi connectivity index (χ0) is 20.0. The molecule has 144 valence electrons. The molecule has 2 N–H and O–H groups in total. The van der Waals surface area contributed by atoms with E-state index >= 15 is 0 Å². The number of fused-ring (bicyclic) bond motifs is 3. The van der Waals surface area contributed by atoms with Gasteiger partial charge in [0, 0.05) is 29.9 Å². The Balaban J connectivity index is 1.94. The number of nitrogens with one attached hydrogen (secondary N) is 1. The molecule has 1 aromatic heterocycles. The maximum Gasteiger partial charge on any atom is 0.326 e. The molecule has 28 heavy (non-hydrogen) atoms. The number of rotatable bonds is 3. The smallest absolute Gasteiger partial charge is 0.326 e. The lowest BCUT2D eigenvalue weighted by atomic mass is 9.87. The van der Waals surface area contributed by atoms with E-state index in [1.54, 1.807) is 0 Å². The van der Waals surface area contributed by atoms with Gasteiger partial charge in [-0.2, -0.15) is 0 Å². The van der Waals surface area contributed by atoms with Crippen LogP contribution in [0.2, 0.25) is 0 Å². The summed E-state index contributed by atoms with van der Waals surface area (Å²) in [5.41, 5.74) is 4.98. The van der Waals surface area contributed by atoms with Crippen molar-refractivity contribution in [1.29, 1.82) is 0 Å². The van der Waals surface area contributed by atoms with E-state index in [0.29, 0.717) is 12.3 Å². The number of amides is 1. The number of hydrogen-bond donors (Lipinski definition) is 2. The van der Waals surface area contributed by atoms with Crippen molar-refractivity contribution in [2.24, 2.45) is 0 Å². The summed E-state index contributed by atoms with van der Waals surface area (Å²) in [6, 6.07) is 14.7. The molecule has 2 unspecified atom stereocenters. The van der Waals surface area contributed by atoms with Crippen LogP contribution in [0.1, 0.15) is 55.1 Å². The molecule has 0 fully saturated rings. The Morgan fingerprint density at radius 2 is 1.79 bits per heavy atom. The predicted octanol–water partition coefficient (Wildman–Crippen LogP) is 4.24. The summed E-state index contributed by atoms with van der Waals surface area (Å²) in [4.78, 5) is 29.6. The Kier molecular flexibility index (Phi) is 4.46. The second-order valence-corrected chi connectivity index (χ2v) is 7.77. The third kappa shape index (κ3) is 2.87. The Hall–Kier alpha value is -3.08. The lowest BCUT2D eigenvalue weighted by Gasteiger charge is -2.40. The summed E-state index contributed by atoms with van der Waals surface area (Å²) in [7, 11) is 0. The van der Waals surface area contributed by atoms with Crippen molar-refractivity contribution in [3.8, 4) is 0 Å². The van der Waals surface area contributed by atoms with E-state index in [9.17, 15) is 14.7 Å². The van der Waals surface area contributed by atoms with Crippen LogP contribution in [0.3, 0.4) is 0 Å². The molecule has 2 aromatic carbocycles. The molecule has 0 bridgehead atoms. The van der Waals surface area contributed by atoms with Crippen molar-refractivity contribution in [3.05, 3.63) is 70.9 Å². The van der Waals surface area contributed by atoms with Gasteiger partial charge >= 0.3 is 5.97 Å². The zero-order valence-electron chi connectivity index (χ0n) is 16.3. The molecule has 1 amide bonds. The van der Waals surface area contributed by atoms with Crippen LogP contribution >= 0.6 is 0 Å². The molecule has 0 spiro atoms. The van der Waals surface area contributed by atoms with Gasteiger partial charge in [-0.1, -0.05) is 56.3 Å². The van der Waals surface area contributed by atoms with Gasteiger partial charge in [-0.15, -0.1) is 0 Å². The molecular weight excluding hydrogens is 352 g/mol. The number of para-hydroxylation sites is 1. The normalized spacial score (nSPS) is 19.1. The van der Waals surface area contributed by atoms with Crippen LogP contribution in [0, 0.1) is 0 Å². The number of aromatic nitrogens is 1. The lowest BCUT2D eigenvalue weighted by Crippen LogP contribution is -2.50. The minimum atomic E-state index is -0.977. The molecule has 0 aliphatic carbocycles. The van der Waals surface area contributed by atoms with Crippen molar-refractivity contribution < 1.29 is 14.7 Å². The molecule has 0 radical (unpaired) electrons. The molecule has 2 heterocycles. The van der Waals surface area contributed by atoms with E-state index in [4.69, 9.17) is 0 Å². The molecule has 1 aliphatic heterocycles. The third-order valence-corrected chi connectivity index (χ3v) is 5.70. The largest absolute Gasteiger partial charge is 0.480 e. The maximum absolute atomic E-state index is 12.5. The van der Waals surface area contributed by atoms with Crippen LogP contribution in [-0.2, 0) is 16.0 Å². The molecule has 3 aromatic rings. The highest BCUT2D eigenvalue weighted by atomic mass is 16.4. The Morgan fingerprint density at radius 3 is 2.39 bits per heavy atom. The molecule has 5 heteroatoms. The second kappa shape index (κ2) is 6.82. The van der Waals surface area contributed by atoms with Gasteiger partial charge in [-0.05, 0) is 28.7 Å². The number of nitrogens with zero attached hydrogens (tertiary/aromatic N) is 1. The number of carboxylic acids is 1. The van der Waals surface area contributed by atoms with E-state index in [1.807, 2.05) is 36.4 Å². The van der Waals surface area contributed by atoms with Gasteiger partial charge in [0.2, 0.25) is 5.91 Å². The number of aliphatic carboxylic acids is 1. The monoisotopic (exact) mass is 376 g/mol. The van der Waals surface area contributed by atoms with E-state index in [-0.39, 0.29) is 5.91 Å². The van der Waals surface area contributed by atoms with E-state index in [2.05, 4.69) is 31.0 Å². The Bertz CT molecular complexity index is 1050. The van der Waals surface area contributed by atoms with Crippen molar-refractivity contribution in [2.75, 3.05) is 0 Å². The van der Waals surface area contributed by atoms with Crippen molar-refractivity contribution >= 4 is 22.8 Å².